The van der Waals surface area contributed by atoms with Crippen molar-refractivity contribution in [3.8, 4) is 0 Å². The third-order valence-corrected chi connectivity index (χ3v) is 4.37. The van der Waals surface area contributed by atoms with E-state index in [4.69, 9.17) is 4.18 Å². The first kappa shape index (κ1) is 11.2. The topological polar surface area (TPSA) is 48.0 Å². The zero-order chi connectivity index (χ0) is 9.90. The third kappa shape index (κ3) is 2.55. The van der Waals surface area contributed by atoms with Crippen LogP contribution in [0.3, 0.4) is 0 Å². The molecule has 0 bridgehead atoms. The highest BCUT2D eigenvalue weighted by Gasteiger charge is 2.26. The number of hydrogen-bond donors (Lipinski definition) is 2. The van der Waals surface area contributed by atoms with Gasteiger partial charge in [0.1, 0.15) is 0 Å². The number of rotatable bonds is 3. The van der Waals surface area contributed by atoms with Gasteiger partial charge in [-0.05, 0) is 7.05 Å². The van der Waals surface area contributed by atoms with Gasteiger partial charge in [0.05, 0.1) is 7.11 Å². The molecule has 2 N–H and O–H groups in total. The number of piperazine rings is 1. The van der Waals surface area contributed by atoms with Gasteiger partial charge in [-0.15, -0.1) is 0 Å². The van der Waals surface area contributed by atoms with Crippen molar-refractivity contribution in [1.82, 2.24) is 13.9 Å². The van der Waals surface area contributed by atoms with E-state index in [1.807, 2.05) is 4.31 Å². The Labute approximate surface area is 81.6 Å². The third-order valence-electron chi connectivity index (χ3n) is 2.31. The lowest BCUT2D eigenvalue weighted by molar-refractivity contribution is 0.199. The number of nitrogens with one attached hydrogen (secondary N) is 1. The van der Waals surface area contributed by atoms with Crippen molar-refractivity contribution in [2.45, 2.75) is 0 Å². The number of likely N-dealkylation sites (N-methyl/N-ethyl adjacent to an activating group) is 1. The maximum Gasteiger partial charge on any atom is 0.0634 e. The Morgan fingerprint density at radius 3 is 2.23 bits per heavy atom. The predicted molar refractivity (Wildman–Crippen MR) is 55.4 cm³/mol. The van der Waals surface area contributed by atoms with Crippen LogP contribution in [0.4, 0.5) is 0 Å². The van der Waals surface area contributed by atoms with Crippen LogP contribution in [0.5, 0.6) is 0 Å². The zero-order valence-corrected chi connectivity index (χ0v) is 9.30. The zero-order valence-electron chi connectivity index (χ0n) is 8.49. The van der Waals surface area contributed by atoms with E-state index in [1.54, 1.807) is 7.05 Å². The van der Waals surface area contributed by atoms with Crippen LogP contribution in [0, 0.1) is 0 Å². The first-order chi connectivity index (χ1) is 6.12. The summed E-state index contributed by atoms with van der Waals surface area (Å²) < 4.78 is 19.9. The summed E-state index contributed by atoms with van der Waals surface area (Å²) in [4.78, 5) is 2.24. The van der Waals surface area contributed by atoms with Crippen molar-refractivity contribution in [3.05, 3.63) is 0 Å². The van der Waals surface area contributed by atoms with Gasteiger partial charge in [-0.3, -0.25) is 8.74 Å². The second-order valence-corrected chi connectivity index (χ2v) is 5.35. The fourth-order valence-electron chi connectivity index (χ4n) is 1.35. The van der Waals surface area contributed by atoms with E-state index in [1.165, 1.54) is 7.11 Å². The van der Waals surface area contributed by atoms with Crippen LogP contribution in [0.1, 0.15) is 0 Å². The molecule has 1 atom stereocenters. The Bertz CT molecular complexity index is 158. The summed E-state index contributed by atoms with van der Waals surface area (Å²) in [6.07, 6.45) is 0. The van der Waals surface area contributed by atoms with Crippen LogP contribution in [0.2, 0.25) is 0 Å². The molecule has 1 unspecified atom stereocenters. The van der Waals surface area contributed by atoms with Crippen LogP contribution >= 0.6 is 11.0 Å². The first-order valence-electron chi connectivity index (χ1n) is 4.36. The quantitative estimate of drug-likeness (QED) is 0.691. The lowest BCUT2D eigenvalue weighted by atomic mass is 10.4. The molecule has 0 radical (unpaired) electrons. The lowest BCUT2D eigenvalue weighted by Crippen LogP contribution is -2.48. The van der Waals surface area contributed by atoms with Crippen molar-refractivity contribution in [3.63, 3.8) is 0 Å². The Kier molecular flexibility index (Phi) is 3.96. The second kappa shape index (κ2) is 4.59. The molecule has 0 aromatic heterocycles. The lowest BCUT2D eigenvalue weighted by Gasteiger charge is -2.47. The molecule has 6 heteroatoms. The van der Waals surface area contributed by atoms with E-state index in [2.05, 4.69) is 16.7 Å². The molecule has 1 aliphatic heterocycles. The molecule has 0 spiro atoms. The van der Waals surface area contributed by atoms with Crippen LogP contribution in [-0.2, 0) is 4.18 Å². The fraction of sp³-hybridized carbons (Fsp3) is 1.00. The molecule has 1 saturated heterocycles. The highest BCUT2D eigenvalue weighted by molar-refractivity contribution is 8.21. The van der Waals surface area contributed by atoms with Gasteiger partial charge in [0.25, 0.3) is 0 Å². The van der Waals surface area contributed by atoms with Crippen molar-refractivity contribution in [2.24, 2.45) is 0 Å². The second-order valence-electron chi connectivity index (χ2n) is 3.10. The summed E-state index contributed by atoms with van der Waals surface area (Å²) in [5.74, 6) is 0. The van der Waals surface area contributed by atoms with Gasteiger partial charge in [0.2, 0.25) is 0 Å². The van der Waals surface area contributed by atoms with Gasteiger partial charge in [-0.25, -0.2) is 4.72 Å². The Balaban J connectivity index is 2.51. The van der Waals surface area contributed by atoms with E-state index < -0.39 is 11.0 Å². The van der Waals surface area contributed by atoms with Crippen molar-refractivity contribution in [1.29, 1.82) is 0 Å². The minimum Gasteiger partial charge on any atom is -0.304 e. The Morgan fingerprint density at radius 1 is 1.31 bits per heavy atom. The minimum absolute atomic E-state index is 0.844. The van der Waals surface area contributed by atoms with Gasteiger partial charge >= 0.3 is 0 Å². The molecule has 0 aliphatic carbocycles. The molecule has 0 aromatic carbocycles. The average molecular weight is 209 g/mol. The highest BCUT2D eigenvalue weighted by atomic mass is 32.3. The van der Waals surface area contributed by atoms with Gasteiger partial charge in [0, 0.05) is 33.2 Å². The van der Waals surface area contributed by atoms with Crippen molar-refractivity contribution in [2.75, 3.05) is 47.4 Å². The SMILES string of the molecule is CNS(O)(OC)N1CCN(C)CC1. The molecule has 0 saturated carbocycles. The number of nitrogens with zero attached hydrogens (tertiary/aromatic N) is 2. The highest BCUT2D eigenvalue weighted by Crippen LogP contribution is 2.43. The molecule has 1 fully saturated rings. The maximum atomic E-state index is 10.00. The summed E-state index contributed by atoms with van der Waals surface area (Å²) in [7, 11) is 3.15. The van der Waals surface area contributed by atoms with Crippen molar-refractivity contribution < 1.29 is 8.74 Å². The minimum atomic E-state index is -2.18. The van der Waals surface area contributed by atoms with E-state index >= 15 is 0 Å². The van der Waals surface area contributed by atoms with Crippen LogP contribution in [0.25, 0.3) is 0 Å². The van der Waals surface area contributed by atoms with Gasteiger partial charge in [-0.2, -0.15) is 4.31 Å². The predicted octanol–water partition coefficient (Wildman–Crippen LogP) is 0.122. The molecule has 1 rings (SSSR count). The molecule has 1 heterocycles. The van der Waals surface area contributed by atoms with Gasteiger partial charge in [0.15, 0.2) is 0 Å². The van der Waals surface area contributed by atoms with E-state index in [0.29, 0.717) is 0 Å². The first-order valence-corrected chi connectivity index (χ1v) is 5.83. The molecular formula is C7H19N3O2S. The molecule has 13 heavy (non-hydrogen) atoms. The summed E-state index contributed by atoms with van der Waals surface area (Å²) in [6.45, 7) is 3.63. The van der Waals surface area contributed by atoms with Gasteiger partial charge < -0.3 is 4.90 Å². The average Bonchev–Trinajstić information content (AvgIpc) is 2.18. The fourth-order valence-corrected chi connectivity index (χ4v) is 2.65. The van der Waals surface area contributed by atoms with Crippen LogP contribution in [0.15, 0.2) is 0 Å². The largest absolute Gasteiger partial charge is 0.304 e. The van der Waals surface area contributed by atoms with Crippen molar-refractivity contribution >= 4 is 11.0 Å². The molecular weight excluding hydrogens is 190 g/mol. The molecule has 80 valence electrons. The molecule has 1 aliphatic rings. The monoisotopic (exact) mass is 209 g/mol. The number of hydrogen-bond acceptors (Lipinski definition) is 5. The summed E-state index contributed by atoms with van der Waals surface area (Å²) in [5.41, 5.74) is 0. The Hall–Kier alpha value is 0.150. The molecule has 5 nitrogen and oxygen atoms in total. The smallest absolute Gasteiger partial charge is 0.0634 e. The van der Waals surface area contributed by atoms with Crippen LogP contribution in [-0.4, -0.2) is 61.1 Å². The standard InChI is InChI=1S/C7H19N3O2S/c1-8-13(11,12-3)10-6-4-9(2)5-7-10/h8,11H,4-7H2,1-3H3. The van der Waals surface area contributed by atoms with E-state index in [-0.39, 0.29) is 0 Å². The Morgan fingerprint density at radius 2 is 1.85 bits per heavy atom. The molecule has 0 aromatic rings. The summed E-state index contributed by atoms with van der Waals surface area (Å²) >= 11 is 0. The van der Waals surface area contributed by atoms with E-state index in [0.717, 1.165) is 26.2 Å². The van der Waals surface area contributed by atoms with Crippen LogP contribution < -0.4 is 4.72 Å². The van der Waals surface area contributed by atoms with E-state index in [9.17, 15) is 4.55 Å². The summed E-state index contributed by atoms with van der Waals surface area (Å²) in [5, 5.41) is 0. The maximum absolute atomic E-state index is 10.00. The molecule has 0 amide bonds. The summed E-state index contributed by atoms with van der Waals surface area (Å²) in [6, 6.07) is 0. The normalized spacial score (nSPS) is 28.3. The van der Waals surface area contributed by atoms with Gasteiger partial charge in [-0.1, -0.05) is 11.0 Å².